The second-order valence-electron chi connectivity index (χ2n) is 3.64. The van der Waals surface area contributed by atoms with Crippen LogP contribution in [0.5, 0.6) is 0 Å². The lowest BCUT2D eigenvalue weighted by atomic mass is 10.0. The average molecular weight is 273 g/mol. The summed E-state index contributed by atoms with van der Waals surface area (Å²) in [7, 11) is 1.16. The molecular formula is C12H10F3NO3. The maximum atomic E-state index is 12.4. The van der Waals surface area contributed by atoms with Crippen LogP contribution in [-0.2, 0) is 20.5 Å². The van der Waals surface area contributed by atoms with Crippen molar-refractivity contribution < 1.29 is 27.5 Å². The summed E-state index contributed by atoms with van der Waals surface area (Å²) in [5, 5.41) is 0. The minimum absolute atomic E-state index is 0.239. The predicted molar refractivity (Wildman–Crippen MR) is 58.9 cm³/mol. The Morgan fingerprint density at radius 3 is 2.37 bits per heavy atom. The number of carbonyl (C=O) groups is 1. The third-order valence-electron chi connectivity index (χ3n) is 2.42. The van der Waals surface area contributed by atoms with Crippen LogP contribution in [0.15, 0.2) is 29.3 Å². The minimum Gasteiger partial charge on any atom is -0.469 e. The van der Waals surface area contributed by atoms with Gasteiger partial charge in [0.15, 0.2) is 0 Å². The number of ether oxygens (including phenoxy) is 1. The fourth-order valence-electron chi connectivity index (χ4n) is 1.44. The Balaban J connectivity index is 2.98. The molecule has 0 radical (unpaired) electrons. The molecule has 0 bridgehead atoms. The molecule has 7 heteroatoms. The van der Waals surface area contributed by atoms with Gasteiger partial charge in [0.1, 0.15) is 0 Å². The maximum absolute atomic E-state index is 12.4. The zero-order valence-electron chi connectivity index (χ0n) is 9.90. The van der Waals surface area contributed by atoms with Gasteiger partial charge in [0.2, 0.25) is 6.08 Å². The molecular weight excluding hydrogens is 263 g/mol. The van der Waals surface area contributed by atoms with Crippen LogP contribution in [0.2, 0.25) is 0 Å². The highest BCUT2D eigenvalue weighted by Crippen LogP contribution is 2.31. The average Bonchev–Trinajstić information content (AvgIpc) is 2.37. The first-order valence-corrected chi connectivity index (χ1v) is 5.19. The van der Waals surface area contributed by atoms with Crippen molar-refractivity contribution in [3.8, 4) is 0 Å². The summed E-state index contributed by atoms with van der Waals surface area (Å²) in [6.45, 7) is 0. The smallest absolute Gasteiger partial charge is 0.416 e. The summed E-state index contributed by atoms with van der Waals surface area (Å²) in [6, 6.07) is 3.15. The molecule has 1 rings (SSSR count). The number of alkyl halides is 3. The van der Waals surface area contributed by atoms with Gasteiger partial charge in [-0.1, -0.05) is 12.1 Å². The minimum atomic E-state index is -4.44. The highest BCUT2D eigenvalue weighted by molar-refractivity contribution is 5.70. The van der Waals surface area contributed by atoms with Gasteiger partial charge in [0.25, 0.3) is 0 Å². The summed E-state index contributed by atoms with van der Waals surface area (Å²) in [4.78, 5) is 24.8. The normalized spacial score (nSPS) is 12.4. The first-order valence-electron chi connectivity index (χ1n) is 5.19. The number of aliphatic imine (C=N–C) groups is 1. The van der Waals surface area contributed by atoms with Gasteiger partial charge in [0.05, 0.1) is 25.1 Å². The molecule has 0 aliphatic carbocycles. The van der Waals surface area contributed by atoms with Gasteiger partial charge in [-0.15, -0.1) is 0 Å². The molecule has 0 fully saturated rings. The molecule has 1 aromatic rings. The summed E-state index contributed by atoms with van der Waals surface area (Å²) in [5.41, 5.74) is -0.509. The molecule has 1 atom stereocenters. The Kier molecular flexibility index (Phi) is 4.83. The van der Waals surface area contributed by atoms with Crippen molar-refractivity contribution in [2.75, 3.05) is 7.11 Å². The van der Waals surface area contributed by atoms with Gasteiger partial charge in [0, 0.05) is 0 Å². The van der Waals surface area contributed by atoms with Crippen LogP contribution in [-0.4, -0.2) is 19.2 Å². The molecule has 0 N–H and O–H groups in total. The molecule has 1 aromatic carbocycles. The molecule has 0 spiro atoms. The van der Waals surface area contributed by atoms with E-state index in [-0.39, 0.29) is 6.42 Å². The fourth-order valence-corrected chi connectivity index (χ4v) is 1.44. The molecule has 19 heavy (non-hydrogen) atoms. The first kappa shape index (κ1) is 14.9. The number of benzene rings is 1. The lowest BCUT2D eigenvalue weighted by molar-refractivity contribution is -0.141. The lowest BCUT2D eigenvalue weighted by Gasteiger charge is -2.11. The van der Waals surface area contributed by atoms with Gasteiger partial charge in [-0.05, 0) is 17.7 Å². The zero-order valence-corrected chi connectivity index (χ0v) is 9.90. The van der Waals surface area contributed by atoms with Crippen molar-refractivity contribution in [1.29, 1.82) is 0 Å². The Morgan fingerprint density at radius 1 is 1.37 bits per heavy atom. The summed E-state index contributed by atoms with van der Waals surface area (Å²) >= 11 is 0. The van der Waals surface area contributed by atoms with E-state index < -0.39 is 23.8 Å². The molecule has 0 saturated carbocycles. The summed E-state index contributed by atoms with van der Waals surface area (Å²) in [5.74, 6) is -0.621. The van der Waals surface area contributed by atoms with Crippen molar-refractivity contribution >= 4 is 12.0 Å². The topological polar surface area (TPSA) is 55.7 Å². The van der Waals surface area contributed by atoms with Crippen LogP contribution in [0.1, 0.15) is 23.6 Å². The molecule has 0 aliphatic heterocycles. The zero-order chi connectivity index (χ0) is 14.5. The van der Waals surface area contributed by atoms with Crippen molar-refractivity contribution in [3.05, 3.63) is 35.4 Å². The second-order valence-corrected chi connectivity index (χ2v) is 3.64. The van der Waals surface area contributed by atoms with Crippen LogP contribution in [0.25, 0.3) is 0 Å². The monoisotopic (exact) mass is 273 g/mol. The fraction of sp³-hybridized carbons (Fsp3) is 0.333. The largest absolute Gasteiger partial charge is 0.469 e. The number of esters is 1. The number of halogens is 3. The van der Waals surface area contributed by atoms with Crippen LogP contribution in [0.3, 0.4) is 0 Å². The molecule has 0 amide bonds. The van der Waals surface area contributed by atoms with Crippen LogP contribution >= 0.6 is 0 Å². The number of hydrogen-bond donors (Lipinski definition) is 0. The molecule has 0 saturated heterocycles. The maximum Gasteiger partial charge on any atom is 0.416 e. The molecule has 0 heterocycles. The van der Waals surface area contributed by atoms with Crippen LogP contribution in [0.4, 0.5) is 13.2 Å². The number of isocyanates is 1. The van der Waals surface area contributed by atoms with E-state index in [0.717, 1.165) is 31.4 Å². The standard InChI is InChI=1S/C12H10F3NO3/c1-19-11(18)6-10(16-7-17)8-2-4-9(5-3-8)12(13,14)15/h2-5,10H,6H2,1H3. The summed E-state index contributed by atoms with van der Waals surface area (Å²) < 4.78 is 41.5. The van der Waals surface area contributed by atoms with E-state index >= 15 is 0 Å². The lowest BCUT2D eigenvalue weighted by Crippen LogP contribution is -2.08. The van der Waals surface area contributed by atoms with E-state index in [1.54, 1.807) is 0 Å². The molecule has 0 aromatic heterocycles. The highest BCUT2D eigenvalue weighted by atomic mass is 19.4. The quantitative estimate of drug-likeness (QED) is 0.481. The van der Waals surface area contributed by atoms with E-state index in [0.29, 0.717) is 5.56 Å². The first-order chi connectivity index (χ1) is 8.88. The molecule has 1 unspecified atom stereocenters. The van der Waals surface area contributed by atoms with Gasteiger partial charge >= 0.3 is 12.1 Å². The van der Waals surface area contributed by atoms with Crippen molar-refractivity contribution in [1.82, 2.24) is 0 Å². The molecule has 4 nitrogen and oxygen atoms in total. The van der Waals surface area contributed by atoms with Gasteiger partial charge < -0.3 is 4.74 Å². The number of carbonyl (C=O) groups excluding carboxylic acids is 2. The van der Waals surface area contributed by atoms with Gasteiger partial charge in [-0.2, -0.15) is 18.2 Å². The highest BCUT2D eigenvalue weighted by Gasteiger charge is 2.30. The van der Waals surface area contributed by atoms with Gasteiger partial charge in [-0.3, -0.25) is 4.79 Å². The van der Waals surface area contributed by atoms with Crippen LogP contribution < -0.4 is 0 Å². The van der Waals surface area contributed by atoms with Crippen LogP contribution in [0, 0.1) is 0 Å². The van der Waals surface area contributed by atoms with E-state index in [4.69, 9.17) is 0 Å². The Labute approximate surface area is 106 Å². The molecule has 102 valence electrons. The number of nitrogens with zero attached hydrogens (tertiary/aromatic N) is 1. The summed E-state index contributed by atoms with van der Waals surface area (Å²) in [6.07, 6.45) is -3.39. The van der Waals surface area contributed by atoms with Crippen molar-refractivity contribution in [3.63, 3.8) is 0 Å². The van der Waals surface area contributed by atoms with Gasteiger partial charge in [-0.25, -0.2) is 4.79 Å². The second kappa shape index (κ2) is 6.15. The SMILES string of the molecule is COC(=O)CC(N=C=O)c1ccc(C(F)(F)F)cc1. The molecule has 0 aliphatic rings. The third-order valence-corrected chi connectivity index (χ3v) is 2.42. The number of methoxy groups -OCH3 is 1. The van der Waals surface area contributed by atoms with E-state index in [9.17, 15) is 22.8 Å². The predicted octanol–water partition coefficient (Wildman–Crippen LogP) is 2.65. The van der Waals surface area contributed by atoms with E-state index in [1.807, 2.05) is 0 Å². The van der Waals surface area contributed by atoms with Crippen molar-refractivity contribution in [2.24, 2.45) is 4.99 Å². The number of hydrogen-bond acceptors (Lipinski definition) is 4. The van der Waals surface area contributed by atoms with Crippen molar-refractivity contribution in [2.45, 2.75) is 18.6 Å². The van der Waals surface area contributed by atoms with E-state index in [1.165, 1.54) is 6.08 Å². The Morgan fingerprint density at radius 2 is 1.95 bits per heavy atom. The Bertz CT molecular complexity index is 490. The number of rotatable bonds is 4. The van der Waals surface area contributed by atoms with E-state index in [2.05, 4.69) is 9.73 Å². The third kappa shape index (κ3) is 4.22. The Hall–Kier alpha value is -2.14.